The molecule has 1 saturated carbocycles. The first-order chi connectivity index (χ1) is 8.22. The lowest BCUT2D eigenvalue weighted by Gasteiger charge is -2.33. The molecule has 0 aromatic heterocycles. The maximum absolute atomic E-state index is 11.4. The summed E-state index contributed by atoms with van der Waals surface area (Å²) >= 11 is 0. The number of hydrogen-bond acceptors (Lipinski definition) is 2. The molecule has 1 N–H and O–H groups in total. The predicted octanol–water partition coefficient (Wildman–Crippen LogP) is 2.67. The number of nitrogens with zero attached hydrogens (tertiary/aromatic N) is 1. The number of carboxylic acid groups (broad SMARTS) is 1. The molecule has 1 aliphatic heterocycles. The smallest absolute Gasteiger partial charge is 0.332 e. The van der Waals surface area contributed by atoms with Gasteiger partial charge in [0.25, 0.3) is 0 Å². The van der Waals surface area contributed by atoms with E-state index in [1.165, 1.54) is 37.7 Å². The second-order valence-electron chi connectivity index (χ2n) is 5.26. The average molecular weight is 237 g/mol. The third kappa shape index (κ3) is 2.89. The Morgan fingerprint density at radius 2 is 2.06 bits per heavy atom. The third-order valence-corrected chi connectivity index (χ3v) is 4.27. The van der Waals surface area contributed by atoms with Gasteiger partial charge in [-0.2, -0.15) is 0 Å². The fourth-order valence-corrected chi connectivity index (χ4v) is 3.21. The van der Waals surface area contributed by atoms with Crippen LogP contribution in [-0.2, 0) is 4.79 Å². The summed E-state index contributed by atoms with van der Waals surface area (Å²) in [6.07, 6.45) is 7.26. The van der Waals surface area contributed by atoms with Crippen LogP contribution in [0.3, 0.4) is 0 Å². The van der Waals surface area contributed by atoms with Gasteiger partial charge < -0.3 is 5.11 Å². The Morgan fingerprint density at radius 3 is 2.65 bits per heavy atom. The van der Waals surface area contributed by atoms with E-state index in [1.807, 2.05) is 0 Å². The van der Waals surface area contributed by atoms with Crippen molar-refractivity contribution < 1.29 is 9.90 Å². The average Bonchev–Trinajstić information content (AvgIpc) is 2.39. The van der Waals surface area contributed by atoms with Crippen molar-refractivity contribution >= 4 is 5.97 Å². The van der Waals surface area contributed by atoms with Crippen molar-refractivity contribution in [2.75, 3.05) is 19.6 Å². The van der Waals surface area contributed by atoms with E-state index in [0.29, 0.717) is 18.0 Å². The molecule has 3 nitrogen and oxygen atoms in total. The van der Waals surface area contributed by atoms with Crippen molar-refractivity contribution in [2.45, 2.75) is 45.4 Å². The number of hydrogen-bond donors (Lipinski definition) is 1. The number of likely N-dealkylation sites (N-methyl/N-ethyl adjacent to an activating group) is 1. The molecule has 1 heterocycles. The summed E-state index contributed by atoms with van der Waals surface area (Å²) < 4.78 is 0. The summed E-state index contributed by atoms with van der Waals surface area (Å²) in [6, 6.07) is 0. The molecule has 0 radical (unpaired) electrons. The fourth-order valence-electron chi connectivity index (χ4n) is 3.21. The van der Waals surface area contributed by atoms with E-state index in [4.69, 9.17) is 0 Å². The van der Waals surface area contributed by atoms with Crippen LogP contribution in [0.2, 0.25) is 0 Å². The first-order valence-electron chi connectivity index (χ1n) is 6.90. The summed E-state index contributed by atoms with van der Waals surface area (Å²) in [5.41, 5.74) is 1.96. The zero-order valence-electron chi connectivity index (χ0n) is 10.7. The first kappa shape index (κ1) is 12.6. The predicted molar refractivity (Wildman–Crippen MR) is 68.0 cm³/mol. The molecule has 17 heavy (non-hydrogen) atoms. The molecule has 0 bridgehead atoms. The highest BCUT2D eigenvalue weighted by molar-refractivity contribution is 5.88. The summed E-state index contributed by atoms with van der Waals surface area (Å²) in [5.74, 6) is -0.127. The van der Waals surface area contributed by atoms with E-state index >= 15 is 0 Å². The number of carbonyl (C=O) groups is 1. The quantitative estimate of drug-likeness (QED) is 0.820. The van der Waals surface area contributed by atoms with Crippen LogP contribution in [0.4, 0.5) is 0 Å². The topological polar surface area (TPSA) is 40.5 Å². The standard InChI is InChI=1S/C14H23NO2/c1-2-15-9-8-12(13(10-15)14(16)17)11-6-4-3-5-7-11/h11H,2-10H2,1H3,(H,16,17). The monoisotopic (exact) mass is 237 g/mol. The van der Waals surface area contributed by atoms with Crippen LogP contribution < -0.4 is 0 Å². The van der Waals surface area contributed by atoms with Gasteiger partial charge in [0.2, 0.25) is 0 Å². The molecule has 0 unspecified atom stereocenters. The minimum Gasteiger partial charge on any atom is -0.478 e. The normalized spacial score (nSPS) is 24.1. The lowest BCUT2D eigenvalue weighted by Crippen LogP contribution is -2.35. The lowest BCUT2D eigenvalue weighted by molar-refractivity contribution is -0.133. The maximum atomic E-state index is 11.4. The van der Waals surface area contributed by atoms with Gasteiger partial charge in [-0.25, -0.2) is 4.79 Å². The highest BCUT2D eigenvalue weighted by Crippen LogP contribution is 2.35. The minimum atomic E-state index is -0.691. The Hall–Kier alpha value is -0.830. The van der Waals surface area contributed by atoms with Crippen molar-refractivity contribution in [1.82, 2.24) is 4.90 Å². The highest BCUT2D eigenvalue weighted by atomic mass is 16.4. The van der Waals surface area contributed by atoms with Crippen LogP contribution >= 0.6 is 0 Å². The SMILES string of the molecule is CCN1CCC(C2CCCCC2)=C(C(=O)O)C1. The van der Waals surface area contributed by atoms with E-state index in [-0.39, 0.29) is 0 Å². The van der Waals surface area contributed by atoms with Crippen molar-refractivity contribution in [3.05, 3.63) is 11.1 Å². The van der Waals surface area contributed by atoms with Crippen molar-refractivity contribution in [3.8, 4) is 0 Å². The van der Waals surface area contributed by atoms with Crippen LogP contribution in [0.15, 0.2) is 11.1 Å². The van der Waals surface area contributed by atoms with Gasteiger partial charge in [-0.1, -0.05) is 31.8 Å². The number of aliphatic carboxylic acids is 1. The molecule has 0 atom stereocenters. The molecule has 2 rings (SSSR count). The molecule has 3 heteroatoms. The second-order valence-corrected chi connectivity index (χ2v) is 5.26. The van der Waals surface area contributed by atoms with Gasteiger partial charge in [0.15, 0.2) is 0 Å². The highest BCUT2D eigenvalue weighted by Gasteiger charge is 2.28. The molecule has 0 saturated heterocycles. The molecule has 0 aromatic rings. The fraction of sp³-hybridized carbons (Fsp3) is 0.786. The van der Waals surface area contributed by atoms with Crippen molar-refractivity contribution in [2.24, 2.45) is 5.92 Å². The van der Waals surface area contributed by atoms with Crippen LogP contribution in [0.1, 0.15) is 45.4 Å². The van der Waals surface area contributed by atoms with Crippen molar-refractivity contribution in [3.63, 3.8) is 0 Å². The number of rotatable bonds is 3. The minimum absolute atomic E-state index is 0.564. The van der Waals surface area contributed by atoms with Crippen molar-refractivity contribution in [1.29, 1.82) is 0 Å². The van der Waals surface area contributed by atoms with Gasteiger partial charge in [0, 0.05) is 13.1 Å². The molecule has 2 aliphatic rings. The number of carboxylic acids is 1. The zero-order valence-corrected chi connectivity index (χ0v) is 10.7. The molecule has 1 aliphatic carbocycles. The van der Waals surface area contributed by atoms with E-state index in [9.17, 15) is 9.90 Å². The van der Waals surface area contributed by atoms with Crippen LogP contribution in [0.5, 0.6) is 0 Å². The van der Waals surface area contributed by atoms with E-state index in [1.54, 1.807) is 0 Å². The molecular formula is C14H23NO2. The summed E-state index contributed by atoms with van der Waals surface area (Å²) in [5, 5.41) is 9.37. The van der Waals surface area contributed by atoms with Gasteiger partial charge in [-0.3, -0.25) is 4.90 Å². The largest absolute Gasteiger partial charge is 0.478 e. The van der Waals surface area contributed by atoms with Gasteiger partial charge >= 0.3 is 5.97 Å². The lowest BCUT2D eigenvalue weighted by atomic mass is 9.79. The van der Waals surface area contributed by atoms with E-state index in [2.05, 4.69) is 11.8 Å². The molecule has 0 aromatic carbocycles. The summed E-state index contributed by atoms with van der Waals surface area (Å²) in [4.78, 5) is 13.6. The maximum Gasteiger partial charge on any atom is 0.332 e. The van der Waals surface area contributed by atoms with Gasteiger partial charge in [0.1, 0.15) is 0 Å². The molecule has 96 valence electrons. The van der Waals surface area contributed by atoms with Gasteiger partial charge in [-0.05, 0) is 31.7 Å². The molecule has 1 fully saturated rings. The van der Waals surface area contributed by atoms with E-state index < -0.39 is 5.97 Å². The summed E-state index contributed by atoms with van der Waals surface area (Å²) in [7, 11) is 0. The first-order valence-corrected chi connectivity index (χ1v) is 6.90. The Morgan fingerprint density at radius 1 is 1.35 bits per heavy atom. The van der Waals surface area contributed by atoms with E-state index in [0.717, 1.165) is 19.5 Å². The van der Waals surface area contributed by atoms with Crippen LogP contribution in [0.25, 0.3) is 0 Å². The Kier molecular flexibility index (Phi) is 4.21. The molecular weight excluding hydrogens is 214 g/mol. The Bertz CT molecular complexity index is 316. The Labute approximate surface area is 103 Å². The molecule has 0 amide bonds. The van der Waals surface area contributed by atoms with Crippen LogP contribution in [-0.4, -0.2) is 35.6 Å². The second kappa shape index (κ2) is 5.67. The Balaban J connectivity index is 2.17. The summed E-state index contributed by atoms with van der Waals surface area (Å²) in [6.45, 7) is 4.75. The van der Waals surface area contributed by atoms with Crippen LogP contribution in [0, 0.1) is 5.92 Å². The molecule has 0 spiro atoms. The zero-order chi connectivity index (χ0) is 12.3. The van der Waals surface area contributed by atoms with Gasteiger partial charge in [0.05, 0.1) is 5.57 Å². The third-order valence-electron chi connectivity index (χ3n) is 4.27. The van der Waals surface area contributed by atoms with Gasteiger partial charge in [-0.15, -0.1) is 0 Å².